The minimum atomic E-state index is 0.0515. The Labute approximate surface area is 68.0 Å². The summed E-state index contributed by atoms with van der Waals surface area (Å²) < 4.78 is 6.75. The number of hydrogen-bond donors (Lipinski definition) is 1. The number of aryl methyl sites for hydroxylation is 1. The van der Waals surface area contributed by atoms with Crippen LogP contribution in [0.25, 0.3) is 11.6 Å². The molecule has 0 amide bonds. The molecule has 62 valence electrons. The average Bonchev–Trinajstić information content (AvgIpc) is 2.58. The minimum Gasteiger partial charge on any atom is -0.402 e. The number of nitrogen functional groups attached to an aromatic ring is 1. The molecule has 2 rings (SSSR count). The number of nitrogens with two attached hydrogens (primary N) is 1. The number of imidazole rings is 1. The summed E-state index contributed by atoms with van der Waals surface area (Å²) in [5.74, 6) is 0.341. The van der Waals surface area contributed by atoms with E-state index in [0.717, 1.165) is 0 Å². The molecular weight excluding hydrogens is 158 g/mol. The monoisotopic (exact) mass is 165 g/mol. The van der Waals surface area contributed by atoms with Gasteiger partial charge in [-0.1, -0.05) is 5.10 Å². The zero-order valence-electron chi connectivity index (χ0n) is 6.43. The van der Waals surface area contributed by atoms with Crippen molar-refractivity contribution in [3.8, 4) is 11.6 Å². The van der Waals surface area contributed by atoms with Crippen LogP contribution in [0.4, 0.5) is 6.01 Å². The third-order valence-electron chi connectivity index (χ3n) is 1.36. The number of nitrogens with zero attached hydrogens (tertiary/aromatic N) is 4. The highest BCUT2D eigenvalue weighted by Crippen LogP contribution is 2.14. The fourth-order valence-electron chi connectivity index (χ4n) is 0.861. The molecule has 2 heterocycles. The van der Waals surface area contributed by atoms with E-state index in [1.54, 1.807) is 17.1 Å². The van der Waals surface area contributed by atoms with Crippen molar-refractivity contribution >= 4 is 6.01 Å². The lowest BCUT2D eigenvalue weighted by atomic mass is 10.5. The lowest BCUT2D eigenvalue weighted by molar-refractivity contribution is 0.588. The Morgan fingerprint density at radius 2 is 2.33 bits per heavy atom. The summed E-state index contributed by atoms with van der Waals surface area (Å²) >= 11 is 0. The minimum absolute atomic E-state index is 0.0515. The molecule has 0 radical (unpaired) electrons. The Balaban J connectivity index is 2.43. The lowest BCUT2D eigenvalue weighted by Gasteiger charge is -1.83. The first-order valence-electron chi connectivity index (χ1n) is 3.33. The molecule has 0 saturated heterocycles. The molecule has 0 saturated carbocycles. The standard InChI is InChI=1S/C6H7N5O/c1-11-2-4(8-3-11)5-9-10-6(7)12-5/h2-3H,1H3,(H2,7,10). The second-order valence-electron chi connectivity index (χ2n) is 2.37. The van der Waals surface area contributed by atoms with E-state index in [4.69, 9.17) is 10.2 Å². The first-order valence-corrected chi connectivity index (χ1v) is 3.33. The molecule has 0 atom stereocenters. The molecular formula is C6H7N5O. The second kappa shape index (κ2) is 2.33. The molecule has 0 aromatic carbocycles. The zero-order valence-corrected chi connectivity index (χ0v) is 6.43. The first-order chi connectivity index (χ1) is 5.75. The fourth-order valence-corrected chi connectivity index (χ4v) is 0.861. The van der Waals surface area contributed by atoms with Crippen molar-refractivity contribution in [2.24, 2.45) is 7.05 Å². The third-order valence-corrected chi connectivity index (χ3v) is 1.36. The maximum Gasteiger partial charge on any atom is 0.313 e. The molecule has 0 aliphatic rings. The maximum absolute atomic E-state index is 5.25. The topological polar surface area (TPSA) is 82.8 Å². The molecule has 2 N–H and O–H groups in total. The number of aromatic nitrogens is 4. The first kappa shape index (κ1) is 6.84. The van der Waals surface area contributed by atoms with Crippen LogP contribution in [0.5, 0.6) is 0 Å². The van der Waals surface area contributed by atoms with E-state index in [2.05, 4.69) is 15.2 Å². The van der Waals surface area contributed by atoms with Crippen LogP contribution in [-0.4, -0.2) is 19.7 Å². The molecule has 0 unspecified atom stereocenters. The molecule has 2 aromatic rings. The van der Waals surface area contributed by atoms with Gasteiger partial charge in [0, 0.05) is 13.2 Å². The van der Waals surface area contributed by atoms with Gasteiger partial charge in [-0.15, -0.1) is 5.10 Å². The van der Waals surface area contributed by atoms with Crippen LogP contribution in [0, 0.1) is 0 Å². The van der Waals surface area contributed by atoms with Crippen molar-refractivity contribution in [1.29, 1.82) is 0 Å². The van der Waals surface area contributed by atoms with Gasteiger partial charge in [-0.3, -0.25) is 0 Å². The molecule has 6 nitrogen and oxygen atoms in total. The Morgan fingerprint density at radius 3 is 2.83 bits per heavy atom. The average molecular weight is 165 g/mol. The SMILES string of the molecule is Cn1cnc(-c2nnc(N)o2)c1. The Kier molecular flexibility index (Phi) is 1.33. The van der Waals surface area contributed by atoms with E-state index in [-0.39, 0.29) is 6.01 Å². The zero-order chi connectivity index (χ0) is 8.55. The van der Waals surface area contributed by atoms with Crippen molar-refractivity contribution in [1.82, 2.24) is 19.7 Å². The molecule has 0 bridgehead atoms. The highest BCUT2D eigenvalue weighted by Gasteiger charge is 2.07. The fraction of sp³-hybridized carbons (Fsp3) is 0.167. The summed E-state index contributed by atoms with van der Waals surface area (Å²) in [5, 5.41) is 7.20. The predicted molar refractivity (Wildman–Crippen MR) is 40.9 cm³/mol. The van der Waals surface area contributed by atoms with E-state index < -0.39 is 0 Å². The quantitative estimate of drug-likeness (QED) is 0.645. The molecule has 2 aromatic heterocycles. The molecule has 0 fully saturated rings. The Hall–Kier alpha value is -1.85. The molecule has 6 heteroatoms. The van der Waals surface area contributed by atoms with Gasteiger partial charge in [0.15, 0.2) is 0 Å². The van der Waals surface area contributed by atoms with Crippen LogP contribution in [0.2, 0.25) is 0 Å². The van der Waals surface area contributed by atoms with E-state index in [9.17, 15) is 0 Å². The summed E-state index contributed by atoms with van der Waals surface area (Å²) in [4.78, 5) is 4.01. The van der Waals surface area contributed by atoms with Gasteiger partial charge < -0.3 is 14.7 Å². The highest BCUT2D eigenvalue weighted by molar-refractivity contribution is 5.44. The number of anilines is 1. The third kappa shape index (κ3) is 1.03. The highest BCUT2D eigenvalue weighted by atomic mass is 16.4. The summed E-state index contributed by atoms with van der Waals surface area (Å²) in [6, 6.07) is 0.0515. The summed E-state index contributed by atoms with van der Waals surface area (Å²) in [5.41, 5.74) is 5.87. The molecule has 0 aliphatic carbocycles. The van der Waals surface area contributed by atoms with Gasteiger partial charge in [-0.25, -0.2) is 4.98 Å². The second-order valence-corrected chi connectivity index (χ2v) is 2.37. The van der Waals surface area contributed by atoms with Crippen molar-refractivity contribution in [2.45, 2.75) is 0 Å². The van der Waals surface area contributed by atoms with Gasteiger partial charge in [-0.05, 0) is 0 Å². The lowest BCUT2D eigenvalue weighted by Crippen LogP contribution is -1.81. The summed E-state index contributed by atoms with van der Waals surface area (Å²) in [7, 11) is 1.86. The normalized spacial score (nSPS) is 10.4. The van der Waals surface area contributed by atoms with Gasteiger partial charge in [0.2, 0.25) is 0 Å². The van der Waals surface area contributed by atoms with Gasteiger partial charge >= 0.3 is 6.01 Å². The van der Waals surface area contributed by atoms with Gasteiger partial charge in [0.1, 0.15) is 5.69 Å². The van der Waals surface area contributed by atoms with Crippen LogP contribution in [-0.2, 0) is 7.05 Å². The number of rotatable bonds is 1. The maximum atomic E-state index is 5.25. The van der Waals surface area contributed by atoms with E-state index in [1.807, 2.05) is 7.05 Å². The predicted octanol–water partition coefficient (Wildman–Crippen LogP) is 0.0523. The van der Waals surface area contributed by atoms with E-state index in [1.165, 1.54) is 0 Å². The molecule has 0 aliphatic heterocycles. The van der Waals surface area contributed by atoms with Crippen molar-refractivity contribution in [3.05, 3.63) is 12.5 Å². The van der Waals surface area contributed by atoms with Crippen LogP contribution in [0.3, 0.4) is 0 Å². The van der Waals surface area contributed by atoms with Gasteiger partial charge in [-0.2, -0.15) is 0 Å². The number of hydrogen-bond acceptors (Lipinski definition) is 5. The smallest absolute Gasteiger partial charge is 0.313 e. The Morgan fingerprint density at radius 1 is 1.50 bits per heavy atom. The summed E-state index contributed by atoms with van der Waals surface area (Å²) in [6.45, 7) is 0. The molecule has 0 spiro atoms. The van der Waals surface area contributed by atoms with Crippen molar-refractivity contribution < 1.29 is 4.42 Å². The van der Waals surface area contributed by atoms with E-state index in [0.29, 0.717) is 11.6 Å². The van der Waals surface area contributed by atoms with Crippen LogP contribution in [0.1, 0.15) is 0 Å². The van der Waals surface area contributed by atoms with Crippen LogP contribution in [0.15, 0.2) is 16.9 Å². The van der Waals surface area contributed by atoms with Gasteiger partial charge in [0.05, 0.1) is 6.33 Å². The van der Waals surface area contributed by atoms with Crippen molar-refractivity contribution in [2.75, 3.05) is 5.73 Å². The largest absolute Gasteiger partial charge is 0.402 e. The van der Waals surface area contributed by atoms with Crippen LogP contribution < -0.4 is 5.73 Å². The summed E-state index contributed by atoms with van der Waals surface area (Å²) in [6.07, 6.45) is 3.42. The van der Waals surface area contributed by atoms with E-state index >= 15 is 0 Å². The van der Waals surface area contributed by atoms with Gasteiger partial charge in [0.25, 0.3) is 5.89 Å². The Bertz CT molecular complexity index is 352. The molecule has 12 heavy (non-hydrogen) atoms. The van der Waals surface area contributed by atoms with Crippen LogP contribution >= 0.6 is 0 Å². The van der Waals surface area contributed by atoms with Crippen molar-refractivity contribution in [3.63, 3.8) is 0 Å².